The summed E-state index contributed by atoms with van der Waals surface area (Å²) in [5, 5.41) is 11.9. The lowest BCUT2D eigenvalue weighted by Gasteiger charge is -2.18. The van der Waals surface area contributed by atoms with Crippen LogP contribution in [-0.2, 0) is 19.1 Å². The predicted octanol–water partition coefficient (Wildman–Crippen LogP) is 13.5. The van der Waals surface area contributed by atoms with Crippen LogP contribution in [0.4, 0.5) is 0 Å². The van der Waals surface area contributed by atoms with E-state index < -0.39 is 12.0 Å². The van der Waals surface area contributed by atoms with Crippen molar-refractivity contribution in [2.45, 2.75) is 219 Å². The van der Waals surface area contributed by atoms with Crippen molar-refractivity contribution in [2.24, 2.45) is 5.73 Å². The van der Waals surface area contributed by atoms with Gasteiger partial charge in [0.05, 0.1) is 0 Å². The van der Waals surface area contributed by atoms with E-state index in [0.717, 1.165) is 122 Å². The number of allylic oxidation sites excluding steroid dienone is 12. The Morgan fingerprint density at radius 3 is 1.49 bits per heavy atom. The van der Waals surface area contributed by atoms with Crippen LogP contribution in [0.3, 0.4) is 0 Å². The SMILES string of the molecule is CC/C=C\C/C=C\C/C=C\C/C=C\CCCCC(CCCCCCCC(=O)NC(CCCN)C(=O)O)OC(=O)CCCCCCC/C=C\C/C=C\CCCCCC. The Labute approximate surface area is 350 Å². The van der Waals surface area contributed by atoms with Gasteiger partial charge in [-0.1, -0.05) is 145 Å². The molecule has 7 nitrogen and oxygen atoms in total. The standard InChI is InChI=1S/C50H86N2O5/c1-3-5-7-9-11-13-15-17-19-21-23-25-27-29-34-38-44-49(54)57-46(40-35-31-28-26-24-22-20-18-16-14-12-10-8-6-4-2)41-36-32-30-33-37-43-48(53)52-47(50(55)56)42-39-45-51/h6,8,12-15,18-21,24,26,46-47H,3-5,7,9-11,16-17,22-23,25,27-45,51H2,1-2H3,(H,52,53)(H,55,56)/b8-6-,14-12-,15-13-,20-18-,21-19-,26-24-. The van der Waals surface area contributed by atoms with E-state index >= 15 is 0 Å². The van der Waals surface area contributed by atoms with Crippen molar-refractivity contribution in [2.75, 3.05) is 6.54 Å². The highest BCUT2D eigenvalue weighted by molar-refractivity contribution is 5.83. The number of aliphatic carboxylic acids is 1. The average molecular weight is 795 g/mol. The van der Waals surface area contributed by atoms with E-state index in [1.807, 2.05) is 0 Å². The van der Waals surface area contributed by atoms with E-state index in [-0.39, 0.29) is 18.0 Å². The minimum atomic E-state index is -1.01. The predicted molar refractivity (Wildman–Crippen MR) is 243 cm³/mol. The van der Waals surface area contributed by atoms with Crippen LogP contribution in [0, 0.1) is 0 Å². The number of carboxylic acid groups (broad SMARTS) is 1. The summed E-state index contributed by atoms with van der Waals surface area (Å²) in [7, 11) is 0. The largest absolute Gasteiger partial charge is 0.480 e. The Balaban J connectivity index is 4.46. The van der Waals surface area contributed by atoms with E-state index in [9.17, 15) is 19.5 Å². The molecule has 0 aliphatic rings. The van der Waals surface area contributed by atoms with Gasteiger partial charge in [-0.05, 0) is 129 Å². The van der Waals surface area contributed by atoms with Gasteiger partial charge in [-0.3, -0.25) is 9.59 Å². The van der Waals surface area contributed by atoms with E-state index in [1.54, 1.807) is 0 Å². The van der Waals surface area contributed by atoms with Crippen molar-refractivity contribution in [1.82, 2.24) is 5.32 Å². The smallest absolute Gasteiger partial charge is 0.326 e. The normalized spacial score (nSPS) is 13.3. The Kier molecular flexibility index (Phi) is 41.5. The molecule has 57 heavy (non-hydrogen) atoms. The Hall–Kier alpha value is -3.19. The fourth-order valence-corrected chi connectivity index (χ4v) is 6.53. The van der Waals surface area contributed by atoms with E-state index in [1.165, 1.54) is 44.9 Å². The molecule has 0 saturated carbocycles. The minimum absolute atomic E-state index is 0.0372. The second-order valence-electron chi connectivity index (χ2n) is 15.4. The highest BCUT2D eigenvalue weighted by atomic mass is 16.5. The van der Waals surface area contributed by atoms with Gasteiger partial charge >= 0.3 is 11.9 Å². The minimum Gasteiger partial charge on any atom is -0.480 e. The van der Waals surface area contributed by atoms with Gasteiger partial charge in [-0.25, -0.2) is 4.79 Å². The monoisotopic (exact) mass is 795 g/mol. The molecule has 2 unspecified atom stereocenters. The molecule has 0 aromatic rings. The molecule has 0 fully saturated rings. The summed E-state index contributed by atoms with van der Waals surface area (Å²) >= 11 is 0. The molecular weight excluding hydrogens is 709 g/mol. The van der Waals surface area contributed by atoms with E-state index in [2.05, 4.69) is 92.1 Å². The topological polar surface area (TPSA) is 119 Å². The fourth-order valence-electron chi connectivity index (χ4n) is 6.53. The second-order valence-corrected chi connectivity index (χ2v) is 15.4. The number of nitrogens with one attached hydrogen (secondary N) is 1. The highest BCUT2D eigenvalue weighted by Crippen LogP contribution is 2.18. The molecule has 0 aliphatic heterocycles. The van der Waals surface area contributed by atoms with Crippen LogP contribution in [-0.4, -0.2) is 41.6 Å². The van der Waals surface area contributed by atoms with Crippen LogP contribution >= 0.6 is 0 Å². The summed E-state index contributed by atoms with van der Waals surface area (Å²) < 4.78 is 6.04. The van der Waals surface area contributed by atoms with E-state index in [0.29, 0.717) is 32.2 Å². The first-order valence-corrected chi connectivity index (χ1v) is 23.3. The Bertz CT molecular complexity index is 1120. The number of unbranched alkanes of at least 4 members (excludes halogenated alkanes) is 15. The van der Waals surface area contributed by atoms with Gasteiger partial charge in [0.2, 0.25) is 5.91 Å². The summed E-state index contributed by atoms with van der Waals surface area (Å²) in [6.45, 7) is 4.81. The third kappa shape index (κ3) is 40.8. The first-order valence-electron chi connectivity index (χ1n) is 23.3. The van der Waals surface area contributed by atoms with Crippen molar-refractivity contribution >= 4 is 17.8 Å². The number of esters is 1. The average Bonchev–Trinajstić information content (AvgIpc) is 3.20. The van der Waals surface area contributed by atoms with Crippen molar-refractivity contribution in [3.63, 3.8) is 0 Å². The van der Waals surface area contributed by atoms with Gasteiger partial charge in [-0.15, -0.1) is 0 Å². The molecule has 0 saturated heterocycles. The van der Waals surface area contributed by atoms with Crippen LogP contribution in [0.25, 0.3) is 0 Å². The number of carbonyl (C=O) groups is 3. The number of carboxylic acids is 1. The molecule has 0 aromatic carbocycles. The number of hydrogen-bond donors (Lipinski definition) is 3. The molecule has 0 radical (unpaired) electrons. The quantitative estimate of drug-likeness (QED) is 0.0322. The first-order chi connectivity index (χ1) is 27.9. The Morgan fingerprint density at radius 1 is 0.526 bits per heavy atom. The van der Waals surface area contributed by atoms with Gasteiger partial charge in [0, 0.05) is 12.8 Å². The zero-order valence-electron chi connectivity index (χ0n) is 36.7. The lowest BCUT2D eigenvalue weighted by molar-refractivity contribution is -0.150. The van der Waals surface area contributed by atoms with Crippen LogP contribution in [0.1, 0.15) is 206 Å². The van der Waals surface area contributed by atoms with Gasteiger partial charge in [-0.2, -0.15) is 0 Å². The molecular formula is C50H86N2O5. The molecule has 0 bridgehead atoms. The maximum absolute atomic E-state index is 12.8. The summed E-state index contributed by atoms with van der Waals surface area (Å²) in [4.78, 5) is 36.5. The molecule has 0 spiro atoms. The molecule has 1 amide bonds. The number of rotatable bonds is 41. The number of carbonyl (C=O) groups excluding carboxylic acids is 2. The lowest BCUT2D eigenvalue weighted by atomic mass is 10.0. The number of nitrogens with two attached hydrogens (primary N) is 1. The van der Waals surface area contributed by atoms with E-state index in [4.69, 9.17) is 10.5 Å². The Morgan fingerprint density at radius 2 is 0.965 bits per heavy atom. The third-order valence-corrected chi connectivity index (χ3v) is 10.0. The van der Waals surface area contributed by atoms with Gasteiger partial charge in [0.15, 0.2) is 0 Å². The van der Waals surface area contributed by atoms with Crippen molar-refractivity contribution in [1.29, 1.82) is 0 Å². The zero-order valence-corrected chi connectivity index (χ0v) is 36.7. The summed E-state index contributed by atoms with van der Waals surface area (Å²) in [6, 6.07) is -0.866. The van der Waals surface area contributed by atoms with Crippen LogP contribution in [0.2, 0.25) is 0 Å². The number of ether oxygens (including phenoxy) is 1. The van der Waals surface area contributed by atoms with Crippen LogP contribution < -0.4 is 11.1 Å². The third-order valence-electron chi connectivity index (χ3n) is 10.0. The maximum atomic E-state index is 12.8. The van der Waals surface area contributed by atoms with Gasteiger partial charge in [0.1, 0.15) is 12.1 Å². The number of hydrogen-bond acceptors (Lipinski definition) is 5. The van der Waals surface area contributed by atoms with Crippen molar-refractivity contribution in [3.8, 4) is 0 Å². The molecule has 4 N–H and O–H groups in total. The zero-order chi connectivity index (χ0) is 41.7. The molecule has 0 rings (SSSR count). The van der Waals surface area contributed by atoms with Crippen LogP contribution in [0.5, 0.6) is 0 Å². The molecule has 0 heterocycles. The molecule has 0 aliphatic carbocycles. The maximum Gasteiger partial charge on any atom is 0.326 e. The first kappa shape index (κ1) is 53.8. The summed E-state index contributed by atoms with van der Waals surface area (Å²) in [5.74, 6) is -1.28. The molecule has 326 valence electrons. The van der Waals surface area contributed by atoms with Crippen molar-refractivity contribution in [3.05, 3.63) is 72.9 Å². The molecule has 0 aromatic heterocycles. The lowest BCUT2D eigenvalue weighted by Crippen LogP contribution is -2.40. The highest BCUT2D eigenvalue weighted by Gasteiger charge is 2.19. The molecule has 2 atom stereocenters. The van der Waals surface area contributed by atoms with Crippen molar-refractivity contribution < 1.29 is 24.2 Å². The fraction of sp³-hybridized carbons (Fsp3) is 0.700. The van der Waals surface area contributed by atoms with Gasteiger partial charge in [0.25, 0.3) is 0 Å². The van der Waals surface area contributed by atoms with Gasteiger partial charge < -0.3 is 20.9 Å². The molecule has 7 heteroatoms. The number of amides is 1. The summed E-state index contributed by atoms with van der Waals surface area (Å²) in [6.07, 6.45) is 56.6. The van der Waals surface area contributed by atoms with Crippen LogP contribution in [0.15, 0.2) is 72.9 Å². The summed E-state index contributed by atoms with van der Waals surface area (Å²) in [5.41, 5.74) is 5.49. The second kappa shape index (κ2) is 43.9.